The molecule has 8 heteroatoms. The van der Waals surface area contributed by atoms with Crippen LogP contribution in [0.15, 0.2) is 16.7 Å². The van der Waals surface area contributed by atoms with E-state index in [1.807, 2.05) is 0 Å². The van der Waals surface area contributed by atoms with Gasteiger partial charge in [0.05, 0.1) is 5.39 Å². The summed E-state index contributed by atoms with van der Waals surface area (Å²) in [4.78, 5) is 26.1. The van der Waals surface area contributed by atoms with E-state index in [-0.39, 0.29) is 6.61 Å². The lowest BCUT2D eigenvalue weighted by Gasteiger charge is -2.05. The number of nitrogens with one attached hydrogen (secondary N) is 1. The number of aromatic nitrogens is 3. The lowest BCUT2D eigenvalue weighted by Crippen LogP contribution is -2.09. The molecule has 3 heterocycles. The average Bonchev–Trinajstić information content (AvgIpc) is 3.10. The molecule has 0 aromatic carbocycles. The molecule has 25 heavy (non-hydrogen) atoms. The van der Waals surface area contributed by atoms with Crippen molar-refractivity contribution in [3.8, 4) is 0 Å². The lowest BCUT2D eigenvalue weighted by atomic mass is 10.1. The third kappa shape index (κ3) is 3.28. The largest absolute Gasteiger partial charge is 0.453 e. The van der Waals surface area contributed by atoms with Crippen molar-refractivity contribution in [3.05, 3.63) is 38.7 Å². The summed E-state index contributed by atoms with van der Waals surface area (Å²) < 4.78 is 6.08. The van der Waals surface area contributed by atoms with Gasteiger partial charge in [-0.05, 0) is 53.2 Å². The Kier molecular flexibility index (Phi) is 4.47. The van der Waals surface area contributed by atoms with E-state index in [4.69, 9.17) is 10.5 Å². The number of fused-ring (bicyclic) bond motifs is 3. The summed E-state index contributed by atoms with van der Waals surface area (Å²) >= 11 is 4.98. The van der Waals surface area contributed by atoms with E-state index >= 15 is 0 Å². The SMILES string of the molecule is Nc1nc(COC(=O)c2cc(Br)c[nH]2)nc2sc3c(c12)CCCCC3. The predicted octanol–water partition coefficient (Wildman–Crippen LogP) is 3.99. The van der Waals surface area contributed by atoms with Crippen molar-refractivity contribution >= 4 is 49.3 Å². The van der Waals surface area contributed by atoms with E-state index in [1.54, 1.807) is 23.6 Å². The predicted molar refractivity (Wildman–Crippen MR) is 101 cm³/mol. The second-order valence-corrected chi connectivity index (χ2v) is 8.08. The maximum atomic E-state index is 12.0. The first-order valence-corrected chi connectivity index (χ1v) is 9.80. The standard InChI is InChI=1S/C17H17BrN4O2S/c18-9-6-11(20-7-9)17(23)24-8-13-21-15(19)14-10-4-2-1-3-5-12(10)25-16(14)22-13/h6-7,20H,1-5,8H2,(H2,19,21,22). The third-order valence-corrected chi connectivity index (χ3v) is 5.98. The van der Waals surface area contributed by atoms with Crippen LogP contribution < -0.4 is 5.73 Å². The highest BCUT2D eigenvalue weighted by Gasteiger charge is 2.20. The van der Waals surface area contributed by atoms with Crippen molar-refractivity contribution < 1.29 is 9.53 Å². The van der Waals surface area contributed by atoms with Crippen LogP contribution in [0.1, 0.15) is 46.0 Å². The second kappa shape index (κ2) is 6.76. The zero-order valence-electron chi connectivity index (χ0n) is 13.5. The number of hydrogen-bond acceptors (Lipinski definition) is 6. The van der Waals surface area contributed by atoms with Crippen LogP contribution >= 0.6 is 27.3 Å². The van der Waals surface area contributed by atoms with Crippen LogP contribution in [0, 0.1) is 0 Å². The molecule has 0 saturated carbocycles. The third-order valence-electron chi connectivity index (χ3n) is 4.34. The van der Waals surface area contributed by atoms with E-state index in [9.17, 15) is 4.79 Å². The highest BCUT2D eigenvalue weighted by molar-refractivity contribution is 9.10. The van der Waals surface area contributed by atoms with Crippen LogP contribution in [0.2, 0.25) is 0 Å². The molecule has 0 fully saturated rings. The number of hydrogen-bond donors (Lipinski definition) is 2. The molecule has 0 radical (unpaired) electrons. The number of ether oxygens (including phenoxy) is 1. The van der Waals surface area contributed by atoms with Gasteiger partial charge >= 0.3 is 5.97 Å². The number of nitrogens with two attached hydrogens (primary N) is 1. The van der Waals surface area contributed by atoms with E-state index in [2.05, 4.69) is 30.9 Å². The Hall–Kier alpha value is -1.93. The maximum Gasteiger partial charge on any atom is 0.355 e. The number of halogens is 1. The molecular formula is C17H17BrN4O2S. The zero-order chi connectivity index (χ0) is 17.4. The van der Waals surface area contributed by atoms with Gasteiger partial charge in [-0.15, -0.1) is 11.3 Å². The van der Waals surface area contributed by atoms with Crippen LogP contribution in [0.3, 0.4) is 0 Å². The summed E-state index contributed by atoms with van der Waals surface area (Å²) in [6.07, 6.45) is 7.45. The van der Waals surface area contributed by atoms with Gasteiger partial charge in [0.15, 0.2) is 12.4 Å². The Bertz CT molecular complexity index is 950. The number of carbonyl (C=O) groups excluding carboxylic acids is 1. The maximum absolute atomic E-state index is 12.0. The molecule has 0 aliphatic heterocycles. The fraction of sp³-hybridized carbons (Fsp3) is 0.353. The van der Waals surface area contributed by atoms with Crippen molar-refractivity contribution in [2.75, 3.05) is 5.73 Å². The summed E-state index contributed by atoms with van der Waals surface area (Å²) in [6, 6.07) is 1.66. The average molecular weight is 421 g/mol. The van der Waals surface area contributed by atoms with E-state index in [1.165, 1.54) is 29.7 Å². The molecule has 4 rings (SSSR count). The summed E-state index contributed by atoms with van der Waals surface area (Å²) in [7, 11) is 0. The number of nitrogens with zero attached hydrogens (tertiary/aromatic N) is 2. The highest BCUT2D eigenvalue weighted by atomic mass is 79.9. The number of thiophene rings is 1. The first kappa shape index (κ1) is 16.5. The summed E-state index contributed by atoms with van der Waals surface area (Å²) in [5.74, 6) is 0.466. The van der Waals surface area contributed by atoms with E-state index in [0.29, 0.717) is 17.3 Å². The van der Waals surface area contributed by atoms with Gasteiger partial charge in [-0.3, -0.25) is 0 Å². The molecular weight excluding hydrogens is 404 g/mol. The quantitative estimate of drug-likeness (QED) is 0.493. The number of aromatic amines is 1. The van der Waals surface area contributed by atoms with Gasteiger partial charge in [-0.2, -0.15) is 0 Å². The molecule has 0 amide bonds. The monoisotopic (exact) mass is 420 g/mol. The van der Waals surface area contributed by atoms with Crippen LogP contribution in [0.5, 0.6) is 0 Å². The second-order valence-electron chi connectivity index (χ2n) is 6.08. The molecule has 130 valence electrons. The zero-order valence-corrected chi connectivity index (χ0v) is 15.9. The fourth-order valence-corrected chi connectivity index (χ4v) is 4.80. The number of carbonyl (C=O) groups is 1. The number of esters is 1. The lowest BCUT2D eigenvalue weighted by molar-refractivity contribution is 0.0456. The van der Waals surface area contributed by atoms with E-state index in [0.717, 1.165) is 27.5 Å². The Balaban J connectivity index is 1.57. The van der Waals surface area contributed by atoms with Gasteiger partial charge in [-0.25, -0.2) is 14.8 Å². The topological polar surface area (TPSA) is 93.9 Å². The van der Waals surface area contributed by atoms with Gasteiger partial charge in [0.2, 0.25) is 0 Å². The fourth-order valence-electron chi connectivity index (χ4n) is 3.17. The van der Waals surface area contributed by atoms with Gasteiger partial charge in [0.1, 0.15) is 16.3 Å². The summed E-state index contributed by atoms with van der Waals surface area (Å²) in [5.41, 5.74) is 7.89. The normalized spacial score (nSPS) is 14.3. The minimum Gasteiger partial charge on any atom is -0.453 e. The molecule has 0 spiro atoms. The first-order chi connectivity index (χ1) is 12.1. The number of rotatable bonds is 3. The van der Waals surface area contributed by atoms with Crippen LogP contribution in [-0.4, -0.2) is 20.9 Å². The molecule has 3 N–H and O–H groups in total. The Morgan fingerprint density at radius 2 is 2.16 bits per heavy atom. The highest BCUT2D eigenvalue weighted by Crippen LogP contribution is 2.37. The summed E-state index contributed by atoms with van der Waals surface area (Å²) in [5, 5.41) is 0.991. The van der Waals surface area contributed by atoms with Crippen molar-refractivity contribution in [3.63, 3.8) is 0 Å². The van der Waals surface area contributed by atoms with Crippen LogP contribution in [-0.2, 0) is 24.2 Å². The van der Waals surface area contributed by atoms with Gasteiger partial charge in [0, 0.05) is 15.5 Å². The van der Waals surface area contributed by atoms with Crippen molar-refractivity contribution in [2.24, 2.45) is 0 Å². The number of aryl methyl sites for hydroxylation is 2. The number of anilines is 1. The Labute approximate surface area is 156 Å². The van der Waals surface area contributed by atoms with Gasteiger partial charge in [-0.1, -0.05) is 6.42 Å². The smallest absolute Gasteiger partial charge is 0.355 e. The van der Waals surface area contributed by atoms with Crippen molar-refractivity contribution in [2.45, 2.75) is 38.7 Å². The summed E-state index contributed by atoms with van der Waals surface area (Å²) in [6.45, 7) is -0.00181. The molecule has 3 aromatic rings. The first-order valence-electron chi connectivity index (χ1n) is 8.19. The van der Waals surface area contributed by atoms with Crippen molar-refractivity contribution in [1.82, 2.24) is 15.0 Å². The number of nitrogen functional groups attached to an aromatic ring is 1. The Morgan fingerprint density at radius 3 is 2.96 bits per heavy atom. The van der Waals surface area contributed by atoms with Gasteiger partial charge in [0.25, 0.3) is 0 Å². The molecule has 0 saturated heterocycles. The molecule has 0 bridgehead atoms. The molecule has 0 unspecified atom stereocenters. The number of H-pyrrole nitrogens is 1. The van der Waals surface area contributed by atoms with Crippen molar-refractivity contribution in [1.29, 1.82) is 0 Å². The minimum atomic E-state index is -0.449. The minimum absolute atomic E-state index is 0.00181. The molecule has 6 nitrogen and oxygen atoms in total. The Morgan fingerprint density at radius 1 is 1.32 bits per heavy atom. The molecule has 0 atom stereocenters. The molecule has 1 aliphatic rings. The van der Waals surface area contributed by atoms with Crippen LogP contribution in [0.25, 0.3) is 10.2 Å². The van der Waals surface area contributed by atoms with E-state index < -0.39 is 5.97 Å². The molecule has 1 aliphatic carbocycles. The van der Waals surface area contributed by atoms with Gasteiger partial charge < -0.3 is 15.5 Å². The van der Waals surface area contributed by atoms with Crippen LogP contribution in [0.4, 0.5) is 5.82 Å². The molecule has 3 aromatic heterocycles.